The predicted molar refractivity (Wildman–Crippen MR) is 83.9 cm³/mol. The normalized spacial score (nSPS) is 20.0. The first-order chi connectivity index (χ1) is 11.4. The largest absolute Gasteiger partial charge is 0.383 e. The van der Waals surface area contributed by atoms with Gasteiger partial charge in [-0.2, -0.15) is 14.4 Å². The Kier molecular flexibility index (Phi) is 4.58. The van der Waals surface area contributed by atoms with Crippen molar-refractivity contribution in [1.29, 1.82) is 0 Å². The lowest BCUT2D eigenvalue weighted by molar-refractivity contribution is 0.204. The molecule has 0 aliphatic heterocycles. The van der Waals surface area contributed by atoms with Crippen LogP contribution in [0.25, 0.3) is 10.9 Å². The molecule has 8 heteroatoms. The maximum Gasteiger partial charge on any atom is 0.311 e. The van der Waals surface area contributed by atoms with Gasteiger partial charge in [-0.15, -0.1) is 0 Å². The van der Waals surface area contributed by atoms with Gasteiger partial charge in [0, 0.05) is 26.3 Å². The molecule has 0 spiro atoms. The van der Waals surface area contributed by atoms with Gasteiger partial charge in [-0.25, -0.2) is 8.78 Å². The van der Waals surface area contributed by atoms with E-state index >= 15 is 0 Å². The molecule has 0 amide bonds. The zero-order chi connectivity index (χ0) is 17.4. The molecule has 1 aliphatic rings. The van der Waals surface area contributed by atoms with E-state index in [4.69, 9.17) is 4.74 Å². The van der Waals surface area contributed by atoms with Crippen molar-refractivity contribution in [3.8, 4) is 0 Å². The molecule has 0 unspecified atom stereocenters. The third kappa shape index (κ3) is 3.02. The summed E-state index contributed by atoms with van der Waals surface area (Å²) in [5.74, 6) is -0.676. The lowest BCUT2D eigenvalue weighted by Gasteiger charge is -2.24. The van der Waals surface area contributed by atoms with Crippen molar-refractivity contribution in [2.24, 2.45) is 0 Å². The number of methoxy groups -OCH3 is 1. The SMILES string of the molecule is COCCN(c1nc(F)nc2c(F)c(C(C)C)ncc12)[C@@H]1C[C@H]1F. The molecular weight excluding hydrogens is 321 g/mol. The highest BCUT2D eigenvalue weighted by atomic mass is 19.1. The van der Waals surface area contributed by atoms with Crippen molar-refractivity contribution in [2.75, 3.05) is 25.2 Å². The first kappa shape index (κ1) is 16.9. The van der Waals surface area contributed by atoms with Gasteiger partial charge in [0.2, 0.25) is 0 Å². The number of nitrogens with zero attached hydrogens (tertiary/aromatic N) is 4. The highest BCUT2D eigenvalue weighted by molar-refractivity contribution is 5.89. The number of aromatic nitrogens is 3. The summed E-state index contributed by atoms with van der Waals surface area (Å²) in [6, 6.07) is -0.412. The van der Waals surface area contributed by atoms with E-state index in [2.05, 4.69) is 15.0 Å². The molecule has 2 aromatic rings. The number of ether oxygens (including phenoxy) is 1. The molecule has 24 heavy (non-hydrogen) atoms. The van der Waals surface area contributed by atoms with E-state index in [1.54, 1.807) is 18.7 Å². The van der Waals surface area contributed by atoms with Gasteiger partial charge >= 0.3 is 6.08 Å². The second-order valence-electron chi connectivity index (χ2n) is 6.20. The van der Waals surface area contributed by atoms with Crippen molar-refractivity contribution >= 4 is 16.7 Å². The fraction of sp³-hybridized carbons (Fsp3) is 0.562. The van der Waals surface area contributed by atoms with Crippen LogP contribution in [-0.2, 0) is 4.74 Å². The molecule has 0 radical (unpaired) electrons. The van der Waals surface area contributed by atoms with Crippen LogP contribution in [0.3, 0.4) is 0 Å². The molecule has 0 N–H and O–H groups in total. The van der Waals surface area contributed by atoms with Crippen LogP contribution < -0.4 is 4.90 Å². The van der Waals surface area contributed by atoms with Gasteiger partial charge in [0.05, 0.1) is 23.7 Å². The molecule has 2 heterocycles. The summed E-state index contributed by atoms with van der Waals surface area (Å²) in [4.78, 5) is 13.1. The lowest BCUT2D eigenvalue weighted by atomic mass is 10.1. The molecule has 0 bridgehead atoms. The Bertz CT molecular complexity index is 756. The molecule has 1 saturated carbocycles. The minimum absolute atomic E-state index is 0.130. The van der Waals surface area contributed by atoms with Crippen LogP contribution in [0.4, 0.5) is 19.0 Å². The van der Waals surface area contributed by atoms with Crippen molar-refractivity contribution in [2.45, 2.75) is 38.4 Å². The molecule has 5 nitrogen and oxygen atoms in total. The summed E-state index contributed by atoms with van der Waals surface area (Å²) in [5, 5.41) is 0.272. The number of fused-ring (bicyclic) bond motifs is 1. The summed E-state index contributed by atoms with van der Waals surface area (Å²) in [5.41, 5.74) is 0.0828. The summed E-state index contributed by atoms with van der Waals surface area (Å²) in [6.07, 6.45) is -0.298. The molecule has 1 fully saturated rings. The van der Waals surface area contributed by atoms with Crippen LogP contribution in [0, 0.1) is 11.9 Å². The van der Waals surface area contributed by atoms with Crippen molar-refractivity contribution in [1.82, 2.24) is 15.0 Å². The number of hydrogen-bond acceptors (Lipinski definition) is 5. The summed E-state index contributed by atoms with van der Waals surface area (Å²) in [7, 11) is 1.52. The Morgan fingerprint density at radius 3 is 2.62 bits per heavy atom. The molecule has 3 rings (SSSR count). The van der Waals surface area contributed by atoms with Crippen LogP contribution in [0.5, 0.6) is 0 Å². The van der Waals surface area contributed by atoms with E-state index in [1.165, 1.54) is 13.3 Å². The fourth-order valence-electron chi connectivity index (χ4n) is 2.74. The van der Waals surface area contributed by atoms with Gasteiger partial charge < -0.3 is 9.64 Å². The van der Waals surface area contributed by atoms with Gasteiger partial charge in [-0.05, 0) is 5.92 Å². The van der Waals surface area contributed by atoms with Gasteiger partial charge in [-0.1, -0.05) is 13.8 Å². The third-order valence-electron chi connectivity index (χ3n) is 4.10. The van der Waals surface area contributed by atoms with E-state index in [9.17, 15) is 13.2 Å². The van der Waals surface area contributed by atoms with E-state index < -0.39 is 24.1 Å². The maximum absolute atomic E-state index is 14.7. The topological polar surface area (TPSA) is 51.1 Å². The summed E-state index contributed by atoms with van der Waals surface area (Å²) >= 11 is 0. The summed E-state index contributed by atoms with van der Waals surface area (Å²) in [6.45, 7) is 4.22. The number of hydrogen-bond donors (Lipinski definition) is 0. The number of rotatable bonds is 6. The Morgan fingerprint density at radius 2 is 2.04 bits per heavy atom. The third-order valence-corrected chi connectivity index (χ3v) is 4.10. The van der Waals surface area contributed by atoms with Crippen molar-refractivity contribution in [3.05, 3.63) is 23.8 Å². The quantitative estimate of drug-likeness (QED) is 0.757. The highest BCUT2D eigenvalue weighted by Crippen LogP contribution is 2.37. The van der Waals surface area contributed by atoms with Crippen molar-refractivity contribution < 1.29 is 17.9 Å². The van der Waals surface area contributed by atoms with E-state index in [1.807, 2.05) is 0 Å². The summed E-state index contributed by atoms with van der Waals surface area (Å²) < 4.78 is 47.2. The number of anilines is 1. The van der Waals surface area contributed by atoms with Crippen molar-refractivity contribution in [3.63, 3.8) is 0 Å². The van der Waals surface area contributed by atoms with Crippen LogP contribution in [0.2, 0.25) is 0 Å². The minimum Gasteiger partial charge on any atom is -0.383 e. The van der Waals surface area contributed by atoms with E-state index in [0.717, 1.165) is 0 Å². The standard InChI is InChI=1S/C16H19F3N4O/c1-8(2)13-12(18)14-9(7-20-13)15(22-16(19)21-14)23(4-5-24-3)11-6-10(11)17/h7-8,10-11H,4-6H2,1-3H3/t10-,11-/m1/s1. The van der Waals surface area contributed by atoms with Gasteiger partial charge in [-0.3, -0.25) is 4.98 Å². The first-order valence-electron chi connectivity index (χ1n) is 7.85. The van der Waals surface area contributed by atoms with Crippen LogP contribution in [-0.4, -0.2) is 47.4 Å². The van der Waals surface area contributed by atoms with Gasteiger partial charge in [0.15, 0.2) is 5.82 Å². The molecule has 1 aliphatic carbocycles. The maximum atomic E-state index is 14.7. The second-order valence-corrected chi connectivity index (χ2v) is 6.20. The van der Waals surface area contributed by atoms with E-state index in [-0.39, 0.29) is 28.3 Å². The van der Waals surface area contributed by atoms with Gasteiger partial charge in [0.1, 0.15) is 17.5 Å². The zero-order valence-corrected chi connectivity index (χ0v) is 13.8. The molecule has 2 atom stereocenters. The Balaban J connectivity index is 2.14. The molecule has 2 aromatic heterocycles. The smallest absolute Gasteiger partial charge is 0.311 e. The van der Waals surface area contributed by atoms with Crippen LogP contribution in [0.15, 0.2) is 6.20 Å². The number of pyridine rings is 1. The number of alkyl halides is 1. The Labute approximate surface area is 137 Å². The molecular formula is C16H19F3N4O. The zero-order valence-electron chi connectivity index (χ0n) is 13.8. The average Bonchev–Trinajstić information content (AvgIpc) is 3.24. The predicted octanol–water partition coefficient (Wildman–Crippen LogP) is 2.99. The molecule has 0 aromatic carbocycles. The second kappa shape index (κ2) is 6.51. The average molecular weight is 340 g/mol. The molecule has 130 valence electrons. The van der Waals surface area contributed by atoms with E-state index in [0.29, 0.717) is 19.6 Å². The number of halogens is 3. The van der Waals surface area contributed by atoms with Crippen LogP contribution >= 0.6 is 0 Å². The minimum atomic E-state index is -1.05. The highest BCUT2D eigenvalue weighted by Gasteiger charge is 2.43. The first-order valence-corrected chi connectivity index (χ1v) is 7.85. The Hall–Kier alpha value is -1.96. The monoisotopic (exact) mass is 340 g/mol. The lowest BCUT2D eigenvalue weighted by Crippen LogP contribution is -2.32. The van der Waals surface area contributed by atoms with Gasteiger partial charge in [0.25, 0.3) is 0 Å². The fourth-order valence-corrected chi connectivity index (χ4v) is 2.74. The van der Waals surface area contributed by atoms with Crippen LogP contribution in [0.1, 0.15) is 31.9 Å². The molecule has 0 saturated heterocycles. The Morgan fingerprint density at radius 1 is 1.33 bits per heavy atom.